The van der Waals surface area contributed by atoms with Crippen LogP contribution in [0.2, 0.25) is 0 Å². The van der Waals surface area contributed by atoms with Crippen molar-refractivity contribution < 1.29 is 14.6 Å². The number of ether oxygens (including phenoxy) is 1. The smallest absolute Gasteiger partial charge is 0.334 e. The molecule has 23 heavy (non-hydrogen) atoms. The van der Waals surface area contributed by atoms with Gasteiger partial charge in [-0.15, -0.1) is 6.42 Å². The van der Waals surface area contributed by atoms with Crippen LogP contribution in [0.5, 0.6) is 5.88 Å². The molecule has 1 fully saturated rings. The monoisotopic (exact) mass is 318 g/mol. The van der Waals surface area contributed by atoms with Crippen molar-refractivity contribution in [3.8, 4) is 18.2 Å². The largest absolute Gasteiger partial charge is 0.493 e. The summed E-state index contributed by atoms with van der Waals surface area (Å²) in [6.07, 6.45) is 8.45. The molecule has 1 aromatic rings. The van der Waals surface area contributed by atoms with Crippen LogP contribution >= 0.6 is 0 Å². The highest BCUT2D eigenvalue weighted by Crippen LogP contribution is 2.59. The lowest BCUT2D eigenvalue weighted by Gasteiger charge is -2.06. The number of carbonyl (C=O) groups is 1. The van der Waals surface area contributed by atoms with Gasteiger partial charge in [-0.2, -0.15) is 0 Å². The maximum absolute atomic E-state index is 12.3. The van der Waals surface area contributed by atoms with Crippen molar-refractivity contribution in [3.05, 3.63) is 28.3 Å². The summed E-state index contributed by atoms with van der Waals surface area (Å²) in [6, 6.07) is 0. The number of nitrogens with zero attached hydrogens (tertiary/aromatic N) is 2. The van der Waals surface area contributed by atoms with Crippen molar-refractivity contribution in [1.29, 1.82) is 0 Å². The molecule has 1 aromatic heterocycles. The van der Waals surface area contributed by atoms with E-state index in [2.05, 4.69) is 12.0 Å². The minimum Gasteiger partial charge on any atom is -0.493 e. The Morgan fingerprint density at radius 1 is 1.52 bits per heavy atom. The fourth-order valence-corrected chi connectivity index (χ4v) is 2.87. The van der Waals surface area contributed by atoms with Gasteiger partial charge in [0.15, 0.2) is 6.73 Å². The minimum atomic E-state index is -0.510. The Morgan fingerprint density at radius 2 is 2.17 bits per heavy atom. The van der Waals surface area contributed by atoms with Gasteiger partial charge in [-0.25, -0.2) is 9.36 Å². The van der Waals surface area contributed by atoms with Crippen LogP contribution in [0.4, 0.5) is 0 Å². The van der Waals surface area contributed by atoms with Crippen LogP contribution in [-0.2, 0) is 22.8 Å². The van der Waals surface area contributed by atoms with E-state index in [-0.39, 0.29) is 42.4 Å². The first kappa shape index (κ1) is 16.9. The van der Waals surface area contributed by atoms with Gasteiger partial charge in [-0.05, 0) is 25.2 Å². The van der Waals surface area contributed by atoms with Crippen molar-refractivity contribution in [2.24, 2.45) is 17.3 Å². The van der Waals surface area contributed by atoms with E-state index < -0.39 is 5.69 Å². The van der Waals surface area contributed by atoms with Gasteiger partial charge >= 0.3 is 11.7 Å². The number of aromatic nitrogens is 2. The number of aromatic hydroxyl groups is 1. The van der Waals surface area contributed by atoms with Gasteiger partial charge in [0.25, 0.3) is 0 Å². The molecule has 1 heterocycles. The molecule has 1 aliphatic rings. The van der Waals surface area contributed by atoms with Crippen LogP contribution in [0, 0.1) is 29.6 Å². The van der Waals surface area contributed by atoms with Crippen molar-refractivity contribution in [3.63, 3.8) is 0 Å². The normalized spacial score (nSPS) is 21.3. The summed E-state index contributed by atoms with van der Waals surface area (Å²) in [5.41, 5.74) is 0.485. The first-order chi connectivity index (χ1) is 10.7. The van der Waals surface area contributed by atoms with E-state index in [1.807, 2.05) is 27.7 Å². The lowest BCUT2D eigenvalue weighted by Crippen LogP contribution is -2.26. The van der Waals surface area contributed by atoms with E-state index in [4.69, 9.17) is 11.2 Å². The molecule has 1 aliphatic carbocycles. The van der Waals surface area contributed by atoms with E-state index in [0.717, 1.165) is 10.1 Å². The molecule has 0 spiro atoms. The van der Waals surface area contributed by atoms with Crippen molar-refractivity contribution in [1.82, 2.24) is 9.13 Å². The number of rotatable bonds is 5. The van der Waals surface area contributed by atoms with Crippen LogP contribution in [0.3, 0.4) is 0 Å². The van der Waals surface area contributed by atoms with Gasteiger partial charge < -0.3 is 9.84 Å². The second-order valence-electron chi connectivity index (χ2n) is 6.69. The number of hydrogen-bond acceptors (Lipinski definition) is 4. The summed E-state index contributed by atoms with van der Waals surface area (Å²) >= 11 is 0. The van der Waals surface area contributed by atoms with Gasteiger partial charge in [0.1, 0.15) is 0 Å². The molecule has 0 radical (unpaired) electrons. The Labute approximate surface area is 135 Å². The topological polar surface area (TPSA) is 73.5 Å². The Kier molecular flexibility index (Phi) is 4.42. The zero-order chi connectivity index (χ0) is 17.4. The predicted molar refractivity (Wildman–Crippen MR) is 85.5 cm³/mol. The summed E-state index contributed by atoms with van der Waals surface area (Å²) in [4.78, 5) is 24.2. The second kappa shape index (κ2) is 5.99. The molecule has 1 saturated carbocycles. The molecule has 0 bridgehead atoms. The van der Waals surface area contributed by atoms with Gasteiger partial charge in [0, 0.05) is 0 Å². The van der Waals surface area contributed by atoms with Crippen LogP contribution in [-0.4, -0.2) is 20.2 Å². The number of imidazole rings is 1. The summed E-state index contributed by atoms with van der Waals surface area (Å²) in [5.74, 6) is 1.57. The molecule has 2 atom stereocenters. The Bertz CT molecular complexity index is 742. The maximum atomic E-state index is 12.3. The molecule has 6 nitrogen and oxygen atoms in total. The Balaban J connectivity index is 2.05. The third-order valence-electron chi connectivity index (χ3n) is 4.30. The van der Waals surface area contributed by atoms with Gasteiger partial charge in [0.2, 0.25) is 5.88 Å². The molecule has 1 N–H and O–H groups in total. The van der Waals surface area contributed by atoms with Crippen LogP contribution in [0.15, 0.2) is 22.6 Å². The quantitative estimate of drug-likeness (QED) is 0.510. The number of allylic oxidation sites excluding steroid dienone is 2. The predicted octanol–water partition coefficient (Wildman–Crippen LogP) is 1.73. The molecule has 6 heteroatoms. The van der Waals surface area contributed by atoms with Crippen LogP contribution in [0.1, 0.15) is 27.7 Å². The van der Waals surface area contributed by atoms with Crippen molar-refractivity contribution in [2.75, 3.05) is 0 Å². The molecule has 0 aromatic carbocycles. The summed E-state index contributed by atoms with van der Waals surface area (Å²) in [5, 5.41) is 9.75. The number of hydrogen-bond donors (Lipinski definition) is 1. The summed E-state index contributed by atoms with van der Waals surface area (Å²) in [7, 11) is 0. The average Bonchev–Trinajstić information content (AvgIpc) is 2.85. The zero-order valence-corrected chi connectivity index (χ0v) is 13.9. The van der Waals surface area contributed by atoms with Crippen LogP contribution < -0.4 is 5.69 Å². The fourth-order valence-electron chi connectivity index (χ4n) is 2.87. The first-order valence-corrected chi connectivity index (χ1v) is 7.44. The highest BCUT2D eigenvalue weighted by molar-refractivity contribution is 5.78. The second-order valence-corrected chi connectivity index (χ2v) is 6.69. The van der Waals surface area contributed by atoms with E-state index in [1.165, 1.54) is 10.8 Å². The average molecular weight is 318 g/mol. The Morgan fingerprint density at radius 3 is 2.74 bits per heavy atom. The number of terminal acetylenes is 1. The molecule has 0 saturated heterocycles. The lowest BCUT2D eigenvalue weighted by molar-refractivity contribution is -0.150. The third-order valence-corrected chi connectivity index (χ3v) is 4.30. The standard InChI is InChI=1S/C17H22N2O4/c1-6-7-18-9-13(20)19(16(18)22)10-23-15(21)14-12(8-11(2)3)17(14,4)5/h1,8-9,12,14,20H,7,10H2,2-5H3/t12-,14+/m0/s1. The van der Waals surface area contributed by atoms with Crippen molar-refractivity contribution >= 4 is 5.97 Å². The molecule has 0 unspecified atom stereocenters. The zero-order valence-electron chi connectivity index (χ0n) is 13.9. The first-order valence-electron chi connectivity index (χ1n) is 7.44. The molecule has 124 valence electrons. The SMILES string of the molecule is C#CCn1cc(O)n(COC(=O)[C@H]2[C@H](C=C(C)C)C2(C)C)c1=O. The van der Waals surface area contributed by atoms with E-state index in [1.54, 1.807) is 0 Å². The molecule has 2 rings (SSSR count). The Hall–Kier alpha value is -2.42. The molecular formula is C17H22N2O4. The molecule has 0 aliphatic heterocycles. The third kappa shape index (κ3) is 3.19. The number of carbonyl (C=O) groups excluding carboxylic acids is 1. The van der Waals surface area contributed by atoms with E-state index in [9.17, 15) is 14.7 Å². The number of esters is 1. The molecular weight excluding hydrogens is 296 g/mol. The maximum Gasteiger partial charge on any atom is 0.334 e. The van der Waals surface area contributed by atoms with Crippen molar-refractivity contribution in [2.45, 2.75) is 41.0 Å². The fraction of sp³-hybridized carbons (Fsp3) is 0.529. The summed E-state index contributed by atoms with van der Waals surface area (Å²) < 4.78 is 7.37. The highest BCUT2D eigenvalue weighted by atomic mass is 16.5. The summed E-state index contributed by atoms with van der Waals surface area (Å²) in [6.45, 7) is 7.72. The van der Waals surface area contributed by atoms with Gasteiger partial charge in [-0.3, -0.25) is 9.36 Å². The van der Waals surface area contributed by atoms with E-state index >= 15 is 0 Å². The van der Waals surface area contributed by atoms with E-state index in [0.29, 0.717) is 0 Å². The minimum absolute atomic E-state index is 0.0473. The van der Waals surface area contributed by atoms with Gasteiger partial charge in [0.05, 0.1) is 18.7 Å². The highest BCUT2D eigenvalue weighted by Gasteiger charge is 2.61. The van der Waals surface area contributed by atoms with Gasteiger partial charge in [-0.1, -0.05) is 31.4 Å². The lowest BCUT2D eigenvalue weighted by atomic mass is 10.1. The molecule has 0 amide bonds. The van der Waals surface area contributed by atoms with Crippen LogP contribution in [0.25, 0.3) is 0 Å².